The van der Waals surface area contributed by atoms with Crippen LogP contribution in [0.2, 0.25) is 0 Å². The maximum Gasteiger partial charge on any atom is 0.255 e. The lowest BCUT2D eigenvalue weighted by Gasteiger charge is -2.37. The fourth-order valence-electron chi connectivity index (χ4n) is 3.01. The first-order chi connectivity index (χ1) is 12.2. The Hall–Kier alpha value is -2.91. The fourth-order valence-corrected chi connectivity index (χ4v) is 3.01. The third-order valence-electron chi connectivity index (χ3n) is 4.43. The first-order valence-electron chi connectivity index (χ1n) is 8.20. The van der Waals surface area contributed by atoms with Crippen molar-refractivity contribution in [2.24, 2.45) is 0 Å². The van der Waals surface area contributed by atoms with Gasteiger partial charge in [0.25, 0.3) is 5.91 Å². The quantitative estimate of drug-likeness (QED) is 0.855. The number of carbonyl (C=O) groups excluding carboxylic acids is 1. The van der Waals surface area contributed by atoms with Crippen LogP contribution in [0.25, 0.3) is 0 Å². The summed E-state index contributed by atoms with van der Waals surface area (Å²) >= 11 is 0. The molecule has 25 heavy (non-hydrogen) atoms. The second-order valence-electron chi connectivity index (χ2n) is 5.87. The molecule has 1 fully saturated rings. The molecule has 1 aliphatic heterocycles. The summed E-state index contributed by atoms with van der Waals surface area (Å²) in [6, 6.07) is 13.2. The smallest absolute Gasteiger partial charge is 0.255 e. The van der Waals surface area contributed by atoms with Crippen LogP contribution in [0.5, 0.6) is 5.75 Å². The molecule has 2 aromatic rings. The lowest BCUT2D eigenvalue weighted by Crippen LogP contribution is -2.49. The summed E-state index contributed by atoms with van der Waals surface area (Å²) in [7, 11) is 1.62. The van der Waals surface area contributed by atoms with Gasteiger partial charge in [-0.1, -0.05) is 12.1 Å². The molecule has 0 aliphatic carbocycles. The Kier molecular flexibility index (Phi) is 5.26. The van der Waals surface area contributed by atoms with E-state index in [1.54, 1.807) is 31.6 Å². The van der Waals surface area contributed by atoms with Gasteiger partial charge >= 0.3 is 0 Å². The molecule has 0 N–H and O–H groups in total. The number of benzene rings is 1. The van der Waals surface area contributed by atoms with Gasteiger partial charge in [-0.25, -0.2) is 0 Å². The summed E-state index contributed by atoms with van der Waals surface area (Å²) in [6.07, 6.45) is 3.24. The van der Waals surface area contributed by atoms with Gasteiger partial charge in [0.1, 0.15) is 11.8 Å². The van der Waals surface area contributed by atoms with Gasteiger partial charge in [-0.15, -0.1) is 0 Å². The van der Waals surface area contributed by atoms with E-state index in [9.17, 15) is 10.1 Å². The first kappa shape index (κ1) is 16.9. The molecule has 128 valence electrons. The van der Waals surface area contributed by atoms with E-state index in [2.05, 4.69) is 16.0 Å². The highest BCUT2D eigenvalue weighted by Gasteiger charge is 2.27. The molecular formula is C19H20N4O2. The van der Waals surface area contributed by atoms with Crippen LogP contribution in [-0.4, -0.2) is 54.0 Å². The van der Waals surface area contributed by atoms with Crippen LogP contribution >= 0.6 is 0 Å². The summed E-state index contributed by atoms with van der Waals surface area (Å²) in [6.45, 7) is 2.52. The number of methoxy groups -OCH3 is 1. The maximum atomic E-state index is 12.5. The second-order valence-corrected chi connectivity index (χ2v) is 5.87. The number of amides is 1. The van der Waals surface area contributed by atoms with Crippen LogP contribution in [0.15, 0.2) is 48.8 Å². The number of ether oxygens (including phenoxy) is 1. The Bertz CT molecular complexity index is 747. The lowest BCUT2D eigenvalue weighted by molar-refractivity contribution is 0.0606. The Balaban J connectivity index is 1.64. The lowest BCUT2D eigenvalue weighted by atomic mass is 10.1. The number of nitriles is 1. The predicted octanol–water partition coefficient (Wildman–Crippen LogP) is 2.11. The molecule has 0 bridgehead atoms. The van der Waals surface area contributed by atoms with Crippen molar-refractivity contribution in [1.82, 2.24) is 14.8 Å². The molecule has 1 aliphatic rings. The van der Waals surface area contributed by atoms with Gasteiger partial charge in [0.2, 0.25) is 0 Å². The average molecular weight is 336 g/mol. The van der Waals surface area contributed by atoms with Crippen LogP contribution in [0.3, 0.4) is 0 Å². The molecule has 1 amide bonds. The zero-order chi connectivity index (χ0) is 17.6. The zero-order valence-corrected chi connectivity index (χ0v) is 14.1. The van der Waals surface area contributed by atoms with E-state index >= 15 is 0 Å². The normalized spacial score (nSPS) is 16.1. The predicted molar refractivity (Wildman–Crippen MR) is 93.1 cm³/mol. The summed E-state index contributed by atoms with van der Waals surface area (Å²) in [5.41, 5.74) is 1.54. The number of nitrogens with zero attached hydrogens (tertiary/aromatic N) is 4. The Morgan fingerprint density at radius 2 is 1.92 bits per heavy atom. The van der Waals surface area contributed by atoms with Crippen LogP contribution in [0.1, 0.15) is 22.0 Å². The number of piperazine rings is 1. The minimum Gasteiger partial charge on any atom is -0.497 e. The molecule has 1 unspecified atom stereocenters. The van der Waals surface area contributed by atoms with E-state index < -0.39 is 0 Å². The third kappa shape index (κ3) is 3.78. The Morgan fingerprint density at radius 3 is 2.48 bits per heavy atom. The van der Waals surface area contributed by atoms with Gasteiger partial charge in [0.05, 0.1) is 18.7 Å². The van der Waals surface area contributed by atoms with E-state index in [0.717, 1.165) is 11.3 Å². The van der Waals surface area contributed by atoms with Crippen molar-refractivity contribution in [1.29, 1.82) is 5.26 Å². The van der Waals surface area contributed by atoms with Crippen molar-refractivity contribution in [3.05, 3.63) is 59.9 Å². The zero-order valence-electron chi connectivity index (χ0n) is 14.1. The van der Waals surface area contributed by atoms with Gasteiger partial charge in [0.15, 0.2) is 0 Å². The number of pyridine rings is 1. The summed E-state index contributed by atoms with van der Waals surface area (Å²) in [5, 5.41) is 9.60. The van der Waals surface area contributed by atoms with Crippen molar-refractivity contribution in [3.63, 3.8) is 0 Å². The highest BCUT2D eigenvalue weighted by atomic mass is 16.5. The summed E-state index contributed by atoms with van der Waals surface area (Å²) in [4.78, 5) is 20.4. The molecule has 3 rings (SSSR count). The Labute approximate surface area is 147 Å². The van der Waals surface area contributed by atoms with E-state index in [1.807, 2.05) is 29.2 Å². The van der Waals surface area contributed by atoms with Gasteiger partial charge in [-0.05, 0) is 29.8 Å². The second kappa shape index (κ2) is 7.77. The molecule has 6 nitrogen and oxygen atoms in total. The molecule has 0 saturated carbocycles. The summed E-state index contributed by atoms with van der Waals surface area (Å²) < 4.78 is 5.16. The fraction of sp³-hybridized carbons (Fsp3) is 0.316. The molecule has 0 spiro atoms. The van der Waals surface area contributed by atoms with Gasteiger partial charge < -0.3 is 9.64 Å². The molecule has 1 aromatic heterocycles. The van der Waals surface area contributed by atoms with Crippen LogP contribution in [0.4, 0.5) is 0 Å². The van der Waals surface area contributed by atoms with Gasteiger partial charge in [0, 0.05) is 38.6 Å². The minimum atomic E-state index is -0.318. The van der Waals surface area contributed by atoms with Gasteiger partial charge in [-0.3, -0.25) is 14.7 Å². The number of carbonyl (C=O) groups is 1. The number of hydrogen-bond donors (Lipinski definition) is 0. The molecule has 1 aromatic carbocycles. The van der Waals surface area contributed by atoms with Crippen LogP contribution in [0, 0.1) is 11.3 Å². The molecule has 1 saturated heterocycles. The largest absolute Gasteiger partial charge is 0.497 e. The number of rotatable bonds is 4. The molecule has 2 heterocycles. The standard InChI is InChI=1S/C19H20N4O2/c1-25-17-6-4-15(5-7-17)18(13-20)22-9-11-23(12-10-22)19(24)16-3-2-8-21-14-16/h2-8,14,18H,9-12H2,1H3. The summed E-state index contributed by atoms with van der Waals surface area (Å²) in [5.74, 6) is 0.762. The van der Waals surface area contributed by atoms with Gasteiger partial charge in [-0.2, -0.15) is 5.26 Å². The SMILES string of the molecule is COc1ccc(C(C#N)N2CCN(C(=O)c3cccnc3)CC2)cc1. The monoisotopic (exact) mass is 336 g/mol. The highest BCUT2D eigenvalue weighted by molar-refractivity contribution is 5.93. The molecule has 1 atom stereocenters. The maximum absolute atomic E-state index is 12.5. The molecule has 6 heteroatoms. The Morgan fingerprint density at radius 1 is 1.20 bits per heavy atom. The molecule has 0 radical (unpaired) electrons. The number of aromatic nitrogens is 1. The van der Waals surface area contributed by atoms with Crippen molar-refractivity contribution in [3.8, 4) is 11.8 Å². The molecular weight excluding hydrogens is 316 g/mol. The first-order valence-corrected chi connectivity index (χ1v) is 8.20. The van der Waals surface area contributed by atoms with E-state index in [4.69, 9.17) is 4.74 Å². The highest BCUT2D eigenvalue weighted by Crippen LogP contribution is 2.24. The van der Waals surface area contributed by atoms with Crippen LogP contribution in [-0.2, 0) is 0 Å². The van der Waals surface area contributed by atoms with E-state index in [1.165, 1.54) is 0 Å². The van der Waals surface area contributed by atoms with Crippen molar-refractivity contribution >= 4 is 5.91 Å². The third-order valence-corrected chi connectivity index (χ3v) is 4.43. The van der Waals surface area contributed by atoms with Crippen molar-refractivity contribution in [2.45, 2.75) is 6.04 Å². The average Bonchev–Trinajstić information content (AvgIpc) is 2.70. The van der Waals surface area contributed by atoms with Crippen LogP contribution < -0.4 is 4.74 Å². The van der Waals surface area contributed by atoms with Crippen molar-refractivity contribution < 1.29 is 9.53 Å². The topological polar surface area (TPSA) is 69.5 Å². The minimum absolute atomic E-state index is 0.00861. The van der Waals surface area contributed by atoms with Crippen molar-refractivity contribution in [2.75, 3.05) is 33.3 Å². The van der Waals surface area contributed by atoms with E-state index in [-0.39, 0.29) is 11.9 Å². The van der Waals surface area contributed by atoms with E-state index in [0.29, 0.717) is 31.7 Å². The number of hydrogen-bond acceptors (Lipinski definition) is 5.